The van der Waals surface area contributed by atoms with Gasteiger partial charge < -0.3 is 9.47 Å². The molecule has 20 heavy (non-hydrogen) atoms. The zero-order valence-electron chi connectivity index (χ0n) is 10.9. The van der Waals surface area contributed by atoms with E-state index >= 15 is 0 Å². The monoisotopic (exact) mass is 294 g/mol. The molecule has 0 aromatic heterocycles. The molecule has 0 fully saturated rings. The highest BCUT2D eigenvalue weighted by atomic mass is 35.5. The fraction of sp³-hybridized carbons (Fsp3) is 0.133. The van der Waals surface area contributed by atoms with E-state index in [0.29, 0.717) is 22.1 Å². The average molecular weight is 295 g/mol. The van der Waals surface area contributed by atoms with Crippen LogP contribution in [0.4, 0.5) is 4.39 Å². The minimum absolute atomic E-state index is 0.165. The van der Waals surface area contributed by atoms with Crippen LogP contribution in [-0.4, -0.2) is 13.1 Å². The van der Waals surface area contributed by atoms with E-state index in [9.17, 15) is 9.18 Å². The number of carbonyl (C=O) groups excluding carboxylic acids is 1. The Morgan fingerprint density at radius 2 is 1.85 bits per heavy atom. The van der Waals surface area contributed by atoms with E-state index < -0.39 is 11.8 Å². The van der Waals surface area contributed by atoms with E-state index in [-0.39, 0.29) is 5.56 Å². The standard InChI is InChI=1S/C15H12ClFO3/c1-9-7-13(17)12(15(18)19-2)8-14(9)20-11-5-3-10(16)4-6-11/h3-8H,1-2H3. The Kier molecular flexibility index (Phi) is 4.25. The molecule has 0 spiro atoms. The Labute approximate surface area is 120 Å². The van der Waals surface area contributed by atoms with Gasteiger partial charge in [-0.3, -0.25) is 0 Å². The lowest BCUT2D eigenvalue weighted by atomic mass is 10.1. The first-order valence-electron chi connectivity index (χ1n) is 5.83. The molecule has 0 unspecified atom stereocenters. The zero-order chi connectivity index (χ0) is 14.7. The maximum Gasteiger partial charge on any atom is 0.340 e. The molecule has 0 atom stereocenters. The van der Waals surface area contributed by atoms with Gasteiger partial charge in [0, 0.05) is 5.02 Å². The summed E-state index contributed by atoms with van der Waals surface area (Å²) in [7, 11) is 1.20. The van der Waals surface area contributed by atoms with Crippen molar-refractivity contribution in [3.05, 3.63) is 58.4 Å². The summed E-state index contributed by atoms with van der Waals surface area (Å²) in [5.74, 6) is -0.463. The molecule has 104 valence electrons. The van der Waals surface area contributed by atoms with Gasteiger partial charge in [0.2, 0.25) is 0 Å². The summed E-state index contributed by atoms with van der Waals surface area (Å²) in [6.45, 7) is 1.69. The van der Waals surface area contributed by atoms with Crippen molar-refractivity contribution >= 4 is 17.6 Å². The molecule has 0 saturated heterocycles. The Bertz CT molecular complexity index is 638. The number of hydrogen-bond donors (Lipinski definition) is 0. The zero-order valence-corrected chi connectivity index (χ0v) is 11.7. The highest BCUT2D eigenvalue weighted by molar-refractivity contribution is 6.30. The van der Waals surface area contributed by atoms with Crippen LogP contribution in [0.15, 0.2) is 36.4 Å². The highest BCUT2D eigenvalue weighted by Crippen LogP contribution is 2.28. The smallest absolute Gasteiger partial charge is 0.340 e. The third-order valence-corrected chi connectivity index (χ3v) is 2.96. The molecule has 0 bridgehead atoms. The van der Waals surface area contributed by atoms with Gasteiger partial charge in [-0.25, -0.2) is 9.18 Å². The van der Waals surface area contributed by atoms with Crippen molar-refractivity contribution in [2.45, 2.75) is 6.92 Å². The van der Waals surface area contributed by atoms with Gasteiger partial charge in [-0.2, -0.15) is 0 Å². The third-order valence-electron chi connectivity index (χ3n) is 2.71. The first-order chi connectivity index (χ1) is 9.51. The number of aryl methyl sites for hydroxylation is 1. The van der Waals surface area contributed by atoms with Crippen LogP contribution in [0, 0.1) is 12.7 Å². The number of rotatable bonds is 3. The van der Waals surface area contributed by atoms with Crippen LogP contribution < -0.4 is 4.74 Å². The fourth-order valence-electron chi connectivity index (χ4n) is 1.66. The van der Waals surface area contributed by atoms with Crippen molar-refractivity contribution in [1.82, 2.24) is 0 Å². The molecule has 0 N–H and O–H groups in total. The first kappa shape index (κ1) is 14.3. The van der Waals surface area contributed by atoms with Crippen molar-refractivity contribution in [3.8, 4) is 11.5 Å². The summed E-state index contributed by atoms with van der Waals surface area (Å²) < 4.78 is 23.8. The lowest BCUT2D eigenvalue weighted by Crippen LogP contribution is -2.05. The van der Waals surface area contributed by atoms with Crippen LogP contribution in [-0.2, 0) is 4.74 Å². The molecule has 0 aliphatic carbocycles. The van der Waals surface area contributed by atoms with Crippen LogP contribution >= 0.6 is 11.6 Å². The van der Waals surface area contributed by atoms with E-state index in [2.05, 4.69) is 4.74 Å². The summed E-state index contributed by atoms with van der Waals surface area (Å²) in [4.78, 5) is 11.5. The number of hydrogen-bond acceptors (Lipinski definition) is 3. The van der Waals surface area contributed by atoms with Gasteiger partial charge in [-0.05, 0) is 48.9 Å². The van der Waals surface area contributed by atoms with Gasteiger partial charge in [0.25, 0.3) is 0 Å². The van der Waals surface area contributed by atoms with Crippen molar-refractivity contribution in [2.75, 3.05) is 7.11 Å². The van der Waals surface area contributed by atoms with E-state index in [0.717, 1.165) is 0 Å². The Morgan fingerprint density at radius 1 is 1.20 bits per heavy atom. The van der Waals surface area contributed by atoms with E-state index in [1.807, 2.05) is 0 Å². The second-order valence-electron chi connectivity index (χ2n) is 4.15. The van der Waals surface area contributed by atoms with Gasteiger partial charge in [0.05, 0.1) is 12.7 Å². The fourth-order valence-corrected chi connectivity index (χ4v) is 1.78. The average Bonchev–Trinajstić information content (AvgIpc) is 2.43. The second kappa shape index (κ2) is 5.92. The summed E-state index contributed by atoms with van der Waals surface area (Å²) >= 11 is 5.79. The number of ether oxygens (including phenoxy) is 2. The molecular weight excluding hydrogens is 283 g/mol. The Hall–Kier alpha value is -2.07. The molecule has 0 amide bonds. The van der Waals surface area contributed by atoms with E-state index in [4.69, 9.17) is 16.3 Å². The minimum atomic E-state index is -0.747. The van der Waals surface area contributed by atoms with E-state index in [1.54, 1.807) is 31.2 Å². The minimum Gasteiger partial charge on any atom is -0.465 e. The second-order valence-corrected chi connectivity index (χ2v) is 4.58. The normalized spacial score (nSPS) is 10.2. The SMILES string of the molecule is COC(=O)c1cc(Oc2ccc(Cl)cc2)c(C)cc1F. The van der Waals surface area contributed by atoms with Gasteiger partial charge >= 0.3 is 5.97 Å². The predicted octanol–water partition coefficient (Wildman–Crippen LogP) is 4.37. The number of esters is 1. The summed E-state index contributed by atoms with van der Waals surface area (Å²) in [5.41, 5.74) is 0.409. The quantitative estimate of drug-likeness (QED) is 0.789. The molecule has 0 saturated carbocycles. The molecular formula is C15H12ClFO3. The molecule has 2 aromatic carbocycles. The van der Waals surface area contributed by atoms with Crippen molar-refractivity contribution in [1.29, 1.82) is 0 Å². The summed E-state index contributed by atoms with van der Waals surface area (Å²) in [6.07, 6.45) is 0. The van der Waals surface area contributed by atoms with Crippen LogP contribution in [0.25, 0.3) is 0 Å². The molecule has 0 radical (unpaired) electrons. The summed E-state index contributed by atoms with van der Waals surface area (Å²) in [5, 5.41) is 0.587. The Morgan fingerprint density at radius 3 is 2.45 bits per heavy atom. The highest BCUT2D eigenvalue weighted by Gasteiger charge is 2.16. The van der Waals surface area contributed by atoms with Crippen LogP contribution in [0.5, 0.6) is 11.5 Å². The molecule has 3 nitrogen and oxygen atoms in total. The summed E-state index contributed by atoms with van der Waals surface area (Å²) in [6, 6.07) is 9.28. The number of benzene rings is 2. The van der Waals surface area contributed by atoms with Crippen molar-refractivity contribution in [3.63, 3.8) is 0 Å². The largest absolute Gasteiger partial charge is 0.465 e. The molecule has 2 aromatic rings. The van der Waals surface area contributed by atoms with Gasteiger partial charge in [-0.15, -0.1) is 0 Å². The topological polar surface area (TPSA) is 35.5 Å². The van der Waals surface area contributed by atoms with E-state index in [1.165, 1.54) is 19.2 Å². The van der Waals surface area contributed by atoms with Gasteiger partial charge in [-0.1, -0.05) is 11.6 Å². The molecule has 0 aliphatic heterocycles. The maximum absolute atomic E-state index is 13.7. The van der Waals surface area contributed by atoms with Crippen LogP contribution in [0.3, 0.4) is 0 Å². The van der Waals surface area contributed by atoms with Crippen LogP contribution in [0.1, 0.15) is 15.9 Å². The Balaban J connectivity index is 2.36. The first-order valence-corrected chi connectivity index (χ1v) is 6.21. The lowest BCUT2D eigenvalue weighted by molar-refractivity contribution is 0.0595. The number of methoxy groups -OCH3 is 1. The maximum atomic E-state index is 13.7. The molecule has 2 rings (SSSR count). The number of carbonyl (C=O) groups is 1. The molecule has 0 aliphatic rings. The van der Waals surface area contributed by atoms with Gasteiger partial charge in [0.1, 0.15) is 17.3 Å². The number of halogens is 2. The molecule has 0 heterocycles. The predicted molar refractivity (Wildman–Crippen MR) is 74.0 cm³/mol. The lowest BCUT2D eigenvalue weighted by Gasteiger charge is -2.11. The van der Waals surface area contributed by atoms with Crippen molar-refractivity contribution < 1.29 is 18.7 Å². The van der Waals surface area contributed by atoms with Crippen molar-refractivity contribution in [2.24, 2.45) is 0 Å². The van der Waals surface area contributed by atoms with Gasteiger partial charge in [0.15, 0.2) is 0 Å². The third kappa shape index (κ3) is 3.08. The molecule has 5 heteroatoms. The van der Waals surface area contributed by atoms with Crippen LogP contribution in [0.2, 0.25) is 5.02 Å².